The highest BCUT2D eigenvalue weighted by Gasteiger charge is 2.38. The minimum absolute atomic E-state index is 0.426. The van der Waals surface area contributed by atoms with Gasteiger partial charge in [0.05, 0.1) is 6.07 Å². The van der Waals surface area contributed by atoms with Crippen molar-refractivity contribution in [3.8, 4) is 11.8 Å². The van der Waals surface area contributed by atoms with Gasteiger partial charge in [0.25, 0.3) is 0 Å². The SMILES string of the molecule is CCCCCCC(C#N)(CC)C(=O)Oc1ccccc1. The number of hydrogen-bond acceptors (Lipinski definition) is 3. The average Bonchev–Trinajstić information content (AvgIpc) is 2.49. The van der Waals surface area contributed by atoms with Gasteiger partial charge in [-0.2, -0.15) is 5.26 Å². The molecule has 0 aliphatic rings. The zero-order chi connectivity index (χ0) is 14.8. The molecule has 20 heavy (non-hydrogen) atoms. The number of carbonyl (C=O) groups excluding carboxylic acids is 1. The summed E-state index contributed by atoms with van der Waals surface area (Å²) in [4.78, 5) is 12.3. The monoisotopic (exact) mass is 273 g/mol. The zero-order valence-electron chi connectivity index (χ0n) is 12.4. The van der Waals surface area contributed by atoms with Crippen LogP contribution in [0.1, 0.15) is 52.4 Å². The highest BCUT2D eigenvalue weighted by atomic mass is 16.5. The molecule has 0 saturated carbocycles. The maximum atomic E-state index is 12.3. The van der Waals surface area contributed by atoms with Crippen LogP contribution in [0.25, 0.3) is 0 Å². The highest BCUT2D eigenvalue weighted by Crippen LogP contribution is 2.31. The van der Waals surface area contributed by atoms with Crippen molar-refractivity contribution in [1.82, 2.24) is 0 Å². The Labute approximate surface area is 121 Å². The molecule has 0 fully saturated rings. The van der Waals surface area contributed by atoms with Gasteiger partial charge in [0.2, 0.25) is 0 Å². The van der Waals surface area contributed by atoms with E-state index in [2.05, 4.69) is 13.0 Å². The van der Waals surface area contributed by atoms with E-state index in [9.17, 15) is 10.1 Å². The number of hydrogen-bond donors (Lipinski definition) is 0. The first-order chi connectivity index (χ1) is 9.68. The molecule has 1 atom stereocenters. The minimum atomic E-state index is -1.01. The fourth-order valence-corrected chi connectivity index (χ4v) is 2.15. The van der Waals surface area contributed by atoms with Crippen molar-refractivity contribution >= 4 is 5.97 Å². The molecule has 0 bridgehead atoms. The third kappa shape index (κ3) is 4.38. The van der Waals surface area contributed by atoms with Gasteiger partial charge in [-0.25, -0.2) is 4.79 Å². The van der Waals surface area contributed by atoms with E-state index in [0.29, 0.717) is 18.6 Å². The summed E-state index contributed by atoms with van der Waals surface area (Å²) in [6.07, 6.45) is 5.28. The molecule has 108 valence electrons. The second-order valence-electron chi connectivity index (χ2n) is 5.06. The van der Waals surface area contributed by atoms with Crippen LogP contribution < -0.4 is 4.74 Å². The summed E-state index contributed by atoms with van der Waals surface area (Å²) in [7, 11) is 0. The molecule has 3 nitrogen and oxygen atoms in total. The van der Waals surface area contributed by atoms with E-state index >= 15 is 0 Å². The lowest BCUT2D eigenvalue weighted by Crippen LogP contribution is -2.33. The molecule has 0 N–H and O–H groups in total. The van der Waals surface area contributed by atoms with Crippen molar-refractivity contribution in [3.05, 3.63) is 30.3 Å². The molecular formula is C17H23NO2. The molecule has 0 aliphatic carbocycles. The van der Waals surface area contributed by atoms with Gasteiger partial charge in [0.15, 0.2) is 5.41 Å². The van der Waals surface area contributed by atoms with Gasteiger partial charge < -0.3 is 4.74 Å². The van der Waals surface area contributed by atoms with Crippen LogP contribution in [0, 0.1) is 16.7 Å². The van der Waals surface area contributed by atoms with Crippen LogP contribution in [0.5, 0.6) is 5.75 Å². The number of nitrogens with zero attached hydrogens (tertiary/aromatic N) is 1. The molecule has 0 spiro atoms. The number of ether oxygens (including phenoxy) is 1. The van der Waals surface area contributed by atoms with Gasteiger partial charge in [-0.1, -0.05) is 57.7 Å². The minimum Gasteiger partial charge on any atom is -0.425 e. The molecule has 1 unspecified atom stereocenters. The van der Waals surface area contributed by atoms with E-state index in [4.69, 9.17) is 4.74 Å². The van der Waals surface area contributed by atoms with Crippen LogP contribution in [0.15, 0.2) is 30.3 Å². The fraction of sp³-hybridized carbons (Fsp3) is 0.529. The van der Waals surface area contributed by atoms with E-state index in [0.717, 1.165) is 25.7 Å². The molecule has 0 aliphatic heterocycles. The summed E-state index contributed by atoms with van der Waals surface area (Å²) < 4.78 is 5.36. The molecule has 3 heteroatoms. The number of benzene rings is 1. The number of carbonyl (C=O) groups is 1. The molecule has 0 heterocycles. The fourth-order valence-electron chi connectivity index (χ4n) is 2.15. The summed E-state index contributed by atoms with van der Waals surface area (Å²) in [5.74, 6) is 0.0735. The number of rotatable bonds is 8. The maximum absolute atomic E-state index is 12.3. The predicted octanol–water partition coefficient (Wildman–Crippen LogP) is 4.48. The van der Waals surface area contributed by atoms with Crippen LogP contribution in [-0.4, -0.2) is 5.97 Å². The van der Waals surface area contributed by atoms with Crippen LogP contribution in [-0.2, 0) is 4.79 Å². The van der Waals surface area contributed by atoms with Crippen LogP contribution >= 0.6 is 0 Å². The Morgan fingerprint density at radius 2 is 1.90 bits per heavy atom. The number of unbranched alkanes of at least 4 members (excludes halogenated alkanes) is 3. The second-order valence-corrected chi connectivity index (χ2v) is 5.06. The Bertz CT molecular complexity index is 450. The van der Waals surface area contributed by atoms with Crippen LogP contribution in [0.3, 0.4) is 0 Å². The first-order valence-electron chi connectivity index (χ1n) is 7.37. The molecule has 0 amide bonds. The lowest BCUT2D eigenvalue weighted by atomic mass is 9.81. The maximum Gasteiger partial charge on any atom is 0.331 e. The Hall–Kier alpha value is -1.82. The van der Waals surface area contributed by atoms with Crippen LogP contribution in [0.2, 0.25) is 0 Å². The second kappa shape index (κ2) is 8.37. The molecule has 1 aromatic carbocycles. The lowest BCUT2D eigenvalue weighted by Gasteiger charge is -2.22. The summed E-state index contributed by atoms with van der Waals surface area (Å²) in [6, 6.07) is 11.1. The Kier molecular flexibility index (Phi) is 6.79. The number of nitriles is 1. The Balaban J connectivity index is 2.69. The van der Waals surface area contributed by atoms with E-state index in [1.54, 1.807) is 12.1 Å². The number of esters is 1. The van der Waals surface area contributed by atoms with E-state index < -0.39 is 11.4 Å². The largest absolute Gasteiger partial charge is 0.425 e. The van der Waals surface area contributed by atoms with E-state index in [1.165, 1.54) is 0 Å². The molecule has 1 aromatic rings. The van der Waals surface area contributed by atoms with Crippen molar-refractivity contribution in [2.75, 3.05) is 0 Å². The molecule has 0 saturated heterocycles. The van der Waals surface area contributed by atoms with Gasteiger partial charge in [-0.15, -0.1) is 0 Å². The van der Waals surface area contributed by atoms with Gasteiger partial charge in [0, 0.05) is 0 Å². The topological polar surface area (TPSA) is 50.1 Å². The molecular weight excluding hydrogens is 250 g/mol. The third-order valence-electron chi connectivity index (χ3n) is 3.62. The standard InChI is InChI=1S/C17H23NO2/c1-3-5-6-10-13-17(4-2,14-18)16(19)20-15-11-8-7-9-12-15/h7-9,11-12H,3-6,10,13H2,1-2H3. The number of para-hydroxylation sites is 1. The molecule has 0 radical (unpaired) electrons. The first kappa shape index (κ1) is 16.2. The van der Waals surface area contributed by atoms with E-state index in [-0.39, 0.29) is 0 Å². The smallest absolute Gasteiger partial charge is 0.331 e. The molecule has 1 rings (SSSR count). The van der Waals surface area contributed by atoms with Gasteiger partial charge in [-0.05, 0) is 25.0 Å². The summed E-state index contributed by atoms with van der Waals surface area (Å²) in [5.41, 5.74) is -1.01. The summed E-state index contributed by atoms with van der Waals surface area (Å²) in [6.45, 7) is 4.01. The Morgan fingerprint density at radius 1 is 1.20 bits per heavy atom. The van der Waals surface area contributed by atoms with Gasteiger partial charge >= 0.3 is 5.97 Å². The van der Waals surface area contributed by atoms with Crippen molar-refractivity contribution in [1.29, 1.82) is 5.26 Å². The van der Waals surface area contributed by atoms with Crippen molar-refractivity contribution in [3.63, 3.8) is 0 Å². The van der Waals surface area contributed by atoms with Crippen molar-refractivity contribution < 1.29 is 9.53 Å². The van der Waals surface area contributed by atoms with Crippen molar-refractivity contribution in [2.45, 2.75) is 52.4 Å². The average molecular weight is 273 g/mol. The zero-order valence-corrected chi connectivity index (χ0v) is 12.4. The lowest BCUT2D eigenvalue weighted by molar-refractivity contribution is -0.143. The first-order valence-corrected chi connectivity index (χ1v) is 7.37. The normalized spacial score (nSPS) is 13.2. The summed E-state index contributed by atoms with van der Waals surface area (Å²) >= 11 is 0. The van der Waals surface area contributed by atoms with Gasteiger partial charge in [-0.3, -0.25) is 0 Å². The highest BCUT2D eigenvalue weighted by molar-refractivity contribution is 5.82. The van der Waals surface area contributed by atoms with E-state index in [1.807, 2.05) is 25.1 Å². The third-order valence-corrected chi connectivity index (χ3v) is 3.62. The predicted molar refractivity (Wildman–Crippen MR) is 79.2 cm³/mol. The summed E-state index contributed by atoms with van der Waals surface area (Å²) in [5, 5.41) is 9.43. The quantitative estimate of drug-likeness (QED) is 0.398. The van der Waals surface area contributed by atoms with Gasteiger partial charge in [0.1, 0.15) is 5.75 Å². The Morgan fingerprint density at radius 3 is 2.45 bits per heavy atom. The van der Waals surface area contributed by atoms with Crippen LogP contribution in [0.4, 0.5) is 0 Å². The van der Waals surface area contributed by atoms with Crippen molar-refractivity contribution in [2.24, 2.45) is 5.41 Å². The molecule has 0 aromatic heterocycles.